The van der Waals surface area contributed by atoms with Gasteiger partial charge in [-0.25, -0.2) is 8.42 Å². The summed E-state index contributed by atoms with van der Waals surface area (Å²) in [6.07, 6.45) is 0.477. The minimum absolute atomic E-state index is 0.0346. The summed E-state index contributed by atoms with van der Waals surface area (Å²) in [7, 11) is -3.23. The molecule has 1 aromatic rings. The number of carbonyl (C=O) groups excluding carboxylic acids is 1. The molecule has 0 spiro atoms. The van der Waals surface area contributed by atoms with Gasteiger partial charge in [-0.15, -0.1) is 0 Å². The zero-order valence-electron chi connectivity index (χ0n) is 10.6. The van der Waals surface area contributed by atoms with Gasteiger partial charge < -0.3 is 4.74 Å². The number of ether oxygens (including phenoxy) is 1. The van der Waals surface area contributed by atoms with Crippen LogP contribution in [-0.4, -0.2) is 26.7 Å². The van der Waals surface area contributed by atoms with Gasteiger partial charge in [-0.2, -0.15) is 0 Å². The molecule has 0 unspecified atom stereocenters. The zero-order chi connectivity index (χ0) is 13.6. The molecule has 0 aromatic heterocycles. The fourth-order valence-corrected chi connectivity index (χ4v) is 2.97. The number of rotatable bonds is 6. The third kappa shape index (κ3) is 4.87. The van der Waals surface area contributed by atoms with Gasteiger partial charge in [0, 0.05) is 6.92 Å². The lowest BCUT2D eigenvalue weighted by molar-refractivity contribution is -0.142. The van der Waals surface area contributed by atoms with E-state index >= 15 is 0 Å². The average Bonchev–Trinajstić information content (AvgIpc) is 2.35. The predicted molar refractivity (Wildman–Crippen MR) is 68.9 cm³/mol. The van der Waals surface area contributed by atoms with Crippen molar-refractivity contribution in [2.75, 3.05) is 12.4 Å². The van der Waals surface area contributed by atoms with Crippen LogP contribution in [0.5, 0.6) is 0 Å². The molecule has 0 aliphatic rings. The van der Waals surface area contributed by atoms with Crippen molar-refractivity contribution in [1.82, 2.24) is 0 Å². The molecule has 4 nitrogen and oxygen atoms in total. The summed E-state index contributed by atoms with van der Waals surface area (Å²) in [6, 6.07) is 8.37. The smallest absolute Gasteiger partial charge is 0.302 e. The number of sulfone groups is 1. The van der Waals surface area contributed by atoms with Crippen molar-refractivity contribution in [3.63, 3.8) is 0 Å². The zero-order valence-corrected chi connectivity index (χ0v) is 11.4. The summed E-state index contributed by atoms with van der Waals surface area (Å²) in [4.78, 5) is 11.0. The topological polar surface area (TPSA) is 60.4 Å². The van der Waals surface area contributed by atoms with Crippen LogP contribution < -0.4 is 0 Å². The quantitative estimate of drug-likeness (QED) is 0.742. The van der Waals surface area contributed by atoms with E-state index in [0.29, 0.717) is 11.3 Å². The lowest BCUT2D eigenvalue weighted by Gasteiger charge is -2.11. The molecule has 0 N–H and O–H groups in total. The van der Waals surface area contributed by atoms with Crippen LogP contribution >= 0.6 is 0 Å². The molecule has 18 heavy (non-hydrogen) atoms. The molecule has 1 atom stereocenters. The van der Waals surface area contributed by atoms with Crippen LogP contribution in [0, 0.1) is 5.92 Å². The minimum atomic E-state index is -3.23. The highest BCUT2D eigenvalue weighted by molar-refractivity contribution is 7.91. The van der Waals surface area contributed by atoms with Crippen molar-refractivity contribution >= 4 is 15.8 Å². The van der Waals surface area contributed by atoms with Gasteiger partial charge in [-0.05, 0) is 24.5 Å². The highest BCUT2D eigenvalue weighted by Gasteiger charge is 2.16. The minimum Gasteiger partial charge on any atom is -0.466 e. The molecule has 0 bridgehead atoms. The number of hydrogen-bond donors (Lipinski definition) is 0. The molecule has 5 heteroatoms. The Morgan fingerprint density at radius 3 is 2.44 bits per heavy atom. The van der Waals surface area contributed by atoms with Crippen molar-refractivity contribution in [3.8, 4) is 0 Å². The van der Waals surface area contributed by atoms with E-state index in [1.807, 2.05) is 6.92 Å². The SMILES string of the molecule is CC(=O)OC[C@@H](C)CCS(=O)(=O)c1ccccc1. The maximum atomic E-state index is 12.0. The molecule has 0 aliphatic heterocycles. The van der Waals surface area contributed by atoms with E-state index < -0.39 is 9.84 Å². The summed E-state index contributed by atoms with van der Waals surface area (Å²) in [5.41, 5.74) is 0. The van der Waals surface area contributed by atoms with Gasteiger partial charge in [0.2, 0.25) is 0 Å². The van der Waals surface area contributed by atoms with Crippen LogP contribution in [0.15, 0.2) is 35.2 Å². The van der Waals surface area contributed by atoms with Gasteiger partial charge in [0.25, 0.3) is 0 Å². The Balaban J connectivity index is 2.50. The molecular weight excluding hydrogens is 252 g/mol. The highest BCUT2D eigenvalue weighted by atomic mass is 32.2. The lowest BCUT2D eigenvalue weighted by atomic mass is 10.1. The Kier molecular flexibility index (Phi) is 5.34. The van der Waals surface area contributed by atoms with Crippen LogP contribution in [0.4, 0.5) is 0 Å². The maximum Gasteiger partial charge on any atom is 0.302 e. The van der Waals surface area contributed by atoms with E-state index in [1.165, 1.54) is 6.92 Å². The van der Waals surface area contributed by atoms with Crippen molar-refractivity contribution < 1.29 is 17.9 Å². The summed E-state index contributed by atoms with van der Waals surface area (Å²) < 4.78 is 28.8. The number of carbonyl (C=O) groups is 1. The van der Waals surface area contributed by atoms with Gasteiger partial charge in [-0.3, -0.25) is 4.79 Å². The van der Waals surface area contributed by atoms with Gasteiger partial charge in [0.05, 0.1) is 17.3 Å². The Bertz CT molecular complexity index is 479. The molecule has 1 aromatic carbocycles. The van der Waals surface area contributed by atoms with Gasteiger partial charge in [0.15, 0.2) is 9.84 Å². The van der Waals surface area contributed by atoms with Crippen LogP contribution in [-0.2, 0) is 19.4 Å². The highest BCUT2D eigenvalue weighted by Crippen LogP contribution is 2.14. The lowest BCUT2D eigenvalue weighted by Crippen LogP contribution is -2.15. The second kappa shape index (κ2) is 6.54. The van der Waals surface area contributed by atoms with E-state index in [0.717, 1.165) is 0 Å². The molecule has 0 fully saturated rings. The van der Waals surface area contributed by atoms with E-state index in [1.54, 1.807) is 30.3 Å². The molecule has 0 radical (unpaired) electrons. The van der Waals surface area contributed by atoms with Crippen molar-refractivity contribution in [3.05, 3.63) is 30.3 Å². The van der Waals surface area contributed by atoms with Crippen molar-refractivity contribution in [2.24, 2.45) is 5.92 Å². The summed E-state index contributed by atoms with van der Waals surface area (Å²) in [5.74, 6) is -0.237. The van der Waals surface area contributed by atoms with Crippen LogP contribution in [0.2, 0.25) is 0 Å². The first kappa shape index (κ1) is 14.7. The second-order valence-corrected chi connectivity index (χ2v) is 6.44. The summed E-state index contributed by atoms with van der Waals surface area (Å²) in [6.45, 7) is 3.47. The molecule has 0 aliphatic carbocycles. The third-order valence-electron chi connectivity index (χ3n) is 2.55. The fraction of sp³-hybridized carbons (Fsp3) is 0.462. The van der Waals surface area contributed by atoms with E-state index in [4.69, 9.17) is 4.74 Å². The Morgan fingerprint density at radius 2 is 1.89 bits per heavy atom. The molecule has 0 heterocycles. The van der Waals surface area contributed by atoms with E-state index in [9.17, 15) is 13.2 Å². The number of esters is 1. The molecule has 0 amide bonds. The number of benzene rings is 1. The van der Waals surface area contributed by atoms with Gasteiger partial charge >= 0.3 is 5.97 Å². The maximum absolute atomic E-state index is 12.0. The van der Waals surface area contributed by atoms with Crippen LogP contribution in [0.3, 0.4) is 0 Å². The molecule has 100 valence electrons. The second-order valence-electron chi connectivity index (χ2n) is 4.33. The first-order valence-corrected chi connectivity index (χ1v) is 7.48. The Morgan fingerprint density at radius 1 is 1.28 bits per heavy atom. The fourth-order valence-electron chi connectivity index (χ4n) is 1.44. The Labute approximate surface area is 108 Å². The predicted octanol–water partition coefficient (Wildman–Crippen LogP) is 2.05. The van der Waals surface area contributed by atoms with Crippen molar-refractivity contribution in [2.45, 2.75) is 25.2 Å². The van der Waals surface area contributed by atoms with E-state index in [-0.39, 0.29) is 24.2 Å². The first-order valence-electron chi connectivity index (χ1n) is 5.83. The molecule has 1 rings (SSSR count). The van der Waals surface area contributed by atoms with Crippen molar-refractivity contribution in [1.29, 1.82) is 0 Å². The van der Waals surface area contributed by atoms with Crippen LogP contribution in [0.25, 0.3) is 0 Å². The van der Waals surface area contributed by atoms with E-state index in [2.05, 4.69) is 0 Å². The summed E-state index contributed by atoms with van der Waals surface area (Å²) in [5, 5.41) is 0. The third-order valence-corrected chi connectivity index (χ3v) is 4.32. The largest absolute Gasteiger partial charge is 0.466 e. The normalized spacial score (nSPS) is 13.0. The average molecular weight is 270 g/mol. The molecule has 0 saturated heterocycles. The summed E-state index contributed by atoms with van der Waals surface area (Å²) >= 11 is 0. The first-order chi connectivity index (χ1) is 8.42. The Hall–Kier alpha value is -1.36. The standard InChI is InChI=1S/C13H18O4S/c1-11(10-17-12(2)14)8-9-18(15,16)13-6-4-3-5-7-13/h3-7,11H,8-10H2,1-2H3/t11-/m0/s1. The number of hydrogen-bond acceptors (Lipinski definition) is 4. The molecular formula is C13H18O4S. The van der Waals surface area contributed by atoms with Gasteiger partial charge in [0.1, 0.15) is 0 Å². The molecule has 0 saturated carbocycles. The van der Waals surface area contributed by atoms with Gasteiger partial charge in [-0.1, -0.05) is 25.1 Å². The monoisotopic (exact) mass is 270 g/mol. The van der Waals surface area contributed by atoms with Crippen LogP contribution in [0.1, 0.15) is 20.3 Å².